The number of ether oxygens (including phenoxy) is 1. The van der Waals surface area contributed by atoms with Crippen LogP contribution in [0.25, 0.3) is 0 Å². The van der Waals surface area contributed by atoms with Crippen LogP contribution in [0.1, 0.15) is 0 Å². The highest BCUT2D eigenvalue weighted by molar-refractivity contribution is 9.10. The molecule has 0 saturated carbocycles. The van der Waals surface area contributed by atoms with E-state index in [2.05, 4.69) is 26.6 Å². The molecule has 0 aliphatic carbocycles. The van der Waals surface area contributed by atoms with Crippen molar-refractivity contribution in [3.05, 3.63) is 53.0 Å². The SMILES string of the molecule is COc1ccc(NC(=S)Nc2ccccc2Br)cc1. The maximum atomic E-state index is 5.26. The van der Waals surface area contributed by atoms with E-state index in [1.165, 1.54) is 0 Å². The van der Waals surface area contributed by atoms with Gasteiger partial charge in [0.15, 0.2) is 5.11 Å². The van der Waals surface area contributed by atoms with Crippen molar-refractivity contribution in [2.75, 3.05) is 17.7 Å². The molecule has 0 amide bonds. The second kappa shape index (κ2) is 6.54. The summed E-state index contributed by atoms with van der Waals surface area (Å²) in [6.45, 7) is 0. The number of benzene rings is 2. The van der Waals surface area contributed by atoms with Crippen LogP contribution in [-0.2, 0) is 0 Å². The zero-order valence-electron chi connectivity index (χ0n) is 10.3. The van der Waals surface area contributed by atoms with Crippen molar-refractivity contribution >= 4 is 44.6 Å². The average molecular weight is 337 g/mol. The maximum absolute atomic E-state index is 5.26. The van der Waals surface area contributed by atoms with Crippen LogP contribution in [-0.4, -0.2) is 12.2 Å². The van der Waals surface area contributed by atoms with E-state index in [4.69, 9.17) is 17.0 Å². The van der Waals surface area contributed by atoms with Gasteiger partial charge in [-0.3, -0.25) is 0 Å². The molecule has 0 unspecified atom stereocenters. The van der Waals surface area contributed by atoms with Crippen molar-refractivity contribution in [2.24, 2.45) is 0 Å². The lowest BCUT2D eigenvalue weighted by Crippen LogP contribution is -2.19. The molecule has 0 heterocycles. The summed E-state index contributed by atoms with van der Waals surface area (Å²) < 4.78 is 6.07. The Morgan fingerprint density at radius 2 is 1.74 bits per heavy atom. The number of anilines is 2. The molecule has 2 aromatic carbocycles. The minimum absolute atomic E-state index is 0.539. The quantitative estimate of drug-likeness (QED) is 0.820. The highest BCUT2D eigenvalue weighted by Crippen LogP contribution is 2.21. The summed E-state index contributed by atoms with van der Waals surface area (Å²) in [5.74, 6) is 0.815. The first-order valence-corrected chi connectivity index (χ1v) is 6.86. The summed E-state index contributed by atoms with van der Waals surface area (Å²) in [5.41, 5.74) is 1.83. The highest BCUT2D eigenvalue weighted by atomic mass is 79.9. The van der Waals surface area contributed by atoms with E-state index in [9.17, 15) is 0 Å². The van der Waals surface area contributed by atoms with Crippen LogP contribution in [0, 0.1) is 0 Å². The lowest BCUT2D eigenvalue weighted by atomic mass is 10.3. The van der Waals surface area contributed by atoms with Gasteiger partial charge in [0, 0.05) is 10.2 Å². The van der Waals surface area contributed by atoms with E-state index < -0.39 is 0 Å². The number of para-hydroxylation sites is 1. The number of thiocarbonyl (C=S) groups is 1. The first-order chi connectivity index (χ1) is 9.19. The van der Waals surface area contributed by atoms with Gasteiger partial charge in [-0.05, 0) is 64.5 Å². The Hall–Kier alpha value is -1.59. The van der Waals surface area contributed by atoms with E-state index in [-0.39, 0.29) is 0 Å². The number of halogens is 1. The molecule has 0 aliphatic rings. The highest BCUT2D eigenvalue weighted by Gasteiger charge is 2.02. The van der Waals surface area contributed by atoms with E-state index in [1.807, 2.05) is 48.5 Å². The van der Waals surface area contributed by atoms with Crippen molar-refractivity contribution in [3.8, 4) is 5.75 Å². The molecule has 0 atom stereocenters. The molecule has 98 valence electrons. The Kier molecular flexibility index (Phi) is 4.76. The second-order valence-corrected chi connectivity index (χ2v) is 5.05. The van der Waals surface area contributed by atoms with Crippen LogP contribution in [0.4, 0.5) is 11.4 Å². The smallest absolute Gasteiger partial charge is 0.175 e. The summed E-state index contributed by atoms with van der Waals surface area (Å²) in [7, 11) is 1.64. The number of hydrogen-bond donors (Lipinski definition) is 2. The van der Waals surface area contributed by atoms with Gasteiger partial charge < -0.3 is 15.4 Å². The van der Waals surface area contributed by atoms with Crippen molar-refractivity contribution in [2.45, 2.75) is 0 Å². The largest absolute Gasteiger partial charge is 0.497 e. The number of rotatable bonds is 3. The fraction of sp³-hybridized carbons (Fsp3) is 0.0714. The number of hydrogen-bond acceptors (Lipinski definition) is 2. The van der Waals surface area contributed by atoms with E-state index in [1.54, 1.807) is 7.11 Å². The van der Waals surface area contributed by atoms with Gasteiger partial charge in [-0.15, -0.1) is 0 Å². The molecule has 0 bridgehead atoms. The van der Waals surface area contributed by atoms with Gasteiger partial charge in [-0.1, -0.05) is 12.1 Å². The van der Waals surface area contributed by atoms with Crippen LogP contribution >= 0.6 is 28.1 Å². The normalized spacial score (nSPS) is 9.79. The van der Waals surface area contributed by atoms with Crippen LogP contribution in [0.15, 0.2) is 53.0 Å². The zero-order valence-corrected chi connectivity index (χ0v) is 12.7. The topological polar surface area (TPSA) is 33.3 Å². The third-order valence-electron chi connectivity index (χ3n) is 2.47. The Labute approximate surface area is 126 Å². The minimum atomic E-state index is 0.539. The summed E-state index contributed by atoms with van der Waals surface area (Å²) in [5, 5.41) is 6.78. The Morgan fingerprint density at radius 1 is 1.05 bits per heavy atom. The number of nitrogens with one attached hydrogen (secondary N) is 2. The van der Waals surface area contributed by atoms with Crippen LogP contribution in [0.3, 0.4) is 0 Å². The fourth-order valence-electron chi connectivity index (χ4n) is 1.52. The fourth-order valence-corrected chi connectivity index (χ4v) is 2.13. The molecule has 2 N–H and O–H groups in total. The third-order valence-corrected chi connectivity index (χ3v) is 3.37. The van der Waals surface area contributed by atoms with Gasteiger partial charge in [0.2, 0.25) is 0 Å². The van der Waals surface area contributed by atoms with Crippen molar-refractivity contribution in [3.63, 3.8) is 0 Å². The molecule has 2 aromatic rings. The molecule has 0 aromatic heterocycles. The molecule has 19 heavy (non-hydrogen) atoms. The molecule has 0 radical (unpaired) electrons. The predicted octanol–water partition coefficient (Wildman–Crippen LogP) is 4.27. The Balaban J connectivity index is 1.99. The summed E-state index contributed by atoms with van der Waals surface area (Å²) in [6.07, 6.45) is 0. The molecule has 2 rings (SSSR count). The Morgan fingerprint density at radius 3 is 2.37 bits per heavy atom. The minimum Gasteiger partial charge on any atom is -0.497 e. The summed E-state index contributed by atoms with van der Waals surface area (Å²) >= 11 is 8.73. The molecule has 0 fully saturated rings. The number of methoxy groups -OCH3 is 1. The van der Waals surface area contributed by atoms with Gasteiger partial charge >= 0.3 is 0 Å². The molecule has 0 saturated heterocycles. The van der Waals surface area contributed by atoms with E-state index in [0.717, 1.165) is 21.6 Å². The predicted molar refractivity (Wildman–Crippen MR) is 87.0 cm³/mol. The van der Waals surface area contributed by atoms with Crippen molar-refractivity contribution in [1.82, 2.24) is 0 Å². The first-order valence-electron chi connectivity index (χ1n) is 5.65. The third kappa shape index (κ3) is 3.94. The van der Waals surface area contributed by atoms with E-state index in [0.29, 0.717) is 5.11 Å². The molecular weight excluding hydrogens is 324 g/mol. The zero-order chi connectivity index (χ0) is 13.7. The van der Waals surface area contributed by atoms with Crippen LogP contribution in [0.2, 0.25) is 0 Å². The van der Waals surface area contributed by atoms with Gasteiger partial charge in [-0.2, -0.15) is 0 Å². The molecule has 0 spiro atoms. The van der Waals surface area contributed by atoms with Gasteiger partial charge in [0.05, 0.1) is 12.8 Å². The summed E-state index contributed by atoms with van der Waals surface area (Å²) in [6, 6.07) is 15.4. The standard InChI is InChI=1S/C14H13BrN2OS/c1-18-11-8-6-10(7-9-11)16-14(19)17-13-5-3-2-4-12(13)15/h2-9H,1H3,(H2,16,17,19). The molecule has 0 aliphatic heterocycles. The summed E-state index contributed by atoms with van der Waals surface area (Å²) in [4.78, 5) is 0. The van der Waals surface area contributed by atoms with Crippen molar-refractivity contribution in [1.29, 1.82) is 0 Å². The monoisotopic (exact) mass is 336 g/mol. The van der Waals surface area contributed by atoms with E-state index >= 15 is 0 Å². The lowest BCUT2D eigenvalue weighted by Gasteiger charge is -2.12. The molecule has 5 heteroatoms. The maximum Gasteiger partial charge on any atom is 0.175 e. The van der Waals surface area contributed by atoms with Crippen LogP contribution < -0.4 is 15.4 Å². The van der Waals surface area contributed by atoms with Gasteiger partial charge in [-0.25, -0.2) is 0 Å². The first kappa shape index (κ1) is 13.8. The molecule has 3 nitrogen and oxygen atoms in total. The van der Waals surface area contributed by atoms with Gasteiger partial charge in [0.25, 0.3) is 0 Å². The lowest BCUT2D eigenvalue weighted by molar-refractivity contribution is 0.415. The Bertz CT molecular complexity index is 572. The average Bonchev–Trinajstić information content (AvgIpc) is 2.42. The van der Waals surface area contributed by atoms with Gasteiger partial charge in [0.1, 0.15) is 5.75 Å². The van der Waals surface area contributed by atoms with Crippen LogP contribution in [0.5, 0.6) is 5.75 Å². The second-order valence-electron chi connectivity index (χ2n) is 3.79. The molecular formula is C14H13BrN2OS. The van der Waals surface area contributed by atoms with Crippen molar-refractivity contribution < 1.29 is 4.74 Å².